The molecule has 3 rings (SSSR count). The summed E-state index contributed by atoms with van der Waals surface area (Å²) in [4.78, 5) is 0. The van der Waals surface area contributed by atoms with Crippen LogP contribution in [0, 0.1) is 5.92 Å². The molecule has 0 radical (unpaired) electrons. The molecule has 114 valence electrons. The Morgan fingerprint density at radius 3 is 2.81 bits per heavy atom. The zero-order valence-electron chi connectivity index (χ0n) is 13.3. The first kappa shape index (κ1) is 15.0. The van der Waals surface area contributed by atoms with Gasteiger partial charge in [-0.1, -0.05) is 13.0 Å². The molecule has 2 aromatic rings. The molecular weight excluding hydrogens is 276 g/mol. The summed E-state index contributed by atoms with van der Waals surface area (Å²) in [6.07, 6.45) is 3.50. The highest BCUT2D eigenvalue weighted by Gasteiger charge is 2.20. The average Bonchev–Trinajstić information content (AvgIpc) is 2.80. The molecule has 2 heterocycles. The molecule has 1 saturated heterocycles. The highest BCUT2D eigenvalue weighted by atomic mass is 32.1. The fraction of sp³-hybridized carbons (Fsp3) is 0.556. The largest absolute Gasteiger partial charge is 0.325 e. The SMILES string of the molecule is CC1CCC(c2ccc3scc(CC(C)(C)N)c3c2)NC1. The van der Waals surface area contributed by atoms with E-state index in [1.165, 1.54) is 34.1 Å². The van der Waals surface area contributed by atoms with Crippen molar-refractivity contribution >= 4 is 21.4 Å². The van der Waals surface area contributed by atoms with E-state index < -0.39 is 0 Å². The Balaban J connectivity index is 1.89. The van der Waals surface area contributed by atoms with Crippen molar-refractivity contribution in [3.05, 3.63) is 34.7 Å². The van der Waals surface area contributed by atoms with Crippen molar-refractivity contribution in [1.29, 1.82) is 0 Å². The number of hydrogen-bond donors (Lipinski definition) is 2. The molecule has 0 saturated carbocycles. The van der Waals surface area contributed by atoms with Gasteiger partial charge in [0.15, 0.2) is 0 Å². The second kappa shape index (κ2) is 5.71. The van der Waals surface area contributed by atoms with Gasteiger partial charge in [0.1, 0.15) is 0 Å². The predicted molar refractivity (Wildman–Crippen MR) is 92.9 cm³/mol. The minimum atomic E-state index is -0.150. The van der Waals surface area contributed by atoms with E-state index in [1.807, 2.05) is 11.3 Å². The molecule has 0 aliphatic carbocycles. The van der Waals surface area contributed by atoms with Crippen LogP contribution in [0.3, 0.4) is 0 Å². The quantitative estimate of drug-likeness (QED) is 0.890. The summed E-state index contributed by atoms with van der Waals surface area (Å²) in [6.45, 7) is 7.66. The number of fused-ring (bicyclic) bond motifs is 1. The molecule has 1 aliphatic heterocycles. The third-order valence-electron chi connectivity index (χ3n) is 4.39. The molecule has 2 unspecified atom stereocenters. The van der Waals surface area contributed by atoms with E-state index in [2.05, 4.69) is 49.7 Å². The van der Waals surface area contributed by atoms with Crippen molar-refractivity contribution in [2.24, 2.45) is 11.7 Å². The van der Waals surface area contributed by atoms with Gasteiger partial charge in [0, 0.05) is 16.3 Å². The number of piperidine rings is 1. The lowest BCUT2D eigenvalue weighted by Crippen LogP contribution is -2.34. The summed E-state index contributed by atoms with van der Waals surface area (Å²) in [5.74, 6) is 0.805. The van der Waals surface area contributed by atoms with E-state index in [0.717, 1.165) is 18.9 Å². The lowest BCUT2D eigenvalue weighted by molar-refractivity contribution is 0.333. The lowest BCUT2D eigenvalue weighted by Gasteiger charge is -2.28. The third kappa shape index (κ3) is 3.47. The zero-order valence-corrected chi connectivity index (χ0v) is 14.1. The maximum absolute atomic E-state index is 6.21. The van der Waals surface area contributed by atoms with Crippen molar-refractivity contribution in [1.82, 2.24) is 5.32 Å². The van der Waals surface area contributed by atoms with Crippen molar-refractivity contribution in [2.45, 2.75) is 51.6 Å². The van der Waals surface area contributed by atoms with Crippen molar-refractivity contribution in [3.8, 4) is 0 Å². The number of hydrogen-bond acceptors (Lipinski definition) is 3. The molecule has 1 aromatic carbocycles. The molecule has 2 atom stereocenters. The van der Waals surface area contributed by atoms with Gasteiger partial charge in [-0.3, -0.25) is 0 Å². The molecule has 21 heavy (non-hydrogen) atoms. The monoisotopic (exact) mass is 302 g/mol. The Kier molecular flexibility index (Phi) is 4.08. The molecule has 2 nitrogen and oxygen atoms in total. The first-order chi connectivity index (χ1) is 9.92. The Labute approximate surface area is 131 Å². The van der Waals surface area contributed by atoms with Crippen LogP contribution < -0.4 is 11.1 Å². The minimum Gasteiger partial charge on any atom is -0.325 e. The van der Waals surface area contributed by atoms with Crippen LogP contribution in [0.5, 0.6) is 0 Å². The van der Waals surface area contributed by atoms with Gasteiger partial charge in [0.2, 0.25) is 0 Å². The molecule has 0 spiro atoms. The molecule has 1 aliphatic rings. The summed E-state index contributed by atoms with van der Waals surface area (Å²) < 4.78 is 1.38. The normalized spacial score (nSPS) is 23.6. The second-order valence-electron chi connectivity index (χ2n) is 7.33. The number of nitrogens with one attached hydrogen (secondary N) is 1. The fourth-order valence-corrected chi connectivity index (χ4v) is 4.17. The van der Waals surface area contributed by atoms with Crippen LogP contribution in [-0.4, -0.2) is 12.1 Å². The molecule has 1 fully saturated rings. The Morgan fingerprint density at radius 1 is 1.33 bits per heavy atom. The second-order valence-corrected chi connectivity index (χ2v) is 8.24. The van der Waals surface area contributed by atoms with Crippen LogP contribution in [0.25, 0.3) is 10.1 Å². The van der Waals surface area contributed by atoms with Crippen LogP contribution in [0.2, 0.25) is 0 Å². The van der Waals surface area contributed by atoms with Crippen LogP contribution in [0.4, 0.5) is 0 Å². The van der Waals surface area contributed by atoms with E-state index in [4.69, 9.17) is 5.73 Å². The van der Waals surface area contributed by atoms with Gasteiger partial charge < -0.3 is 11.1 Å². The van der Waals surface area contributed by atoms with E-state index in [-0.39, 0.29) is 5.54 Å². The number of benzene rings is 1. The van der Waals surface area contributed by atoms with E-state index in [9.17, 15) is 0 Å². The van der Waals surface area contributed by atoms with Gasteiger partial charge in [0.25, 0.3) is 0 Å². The average molecular weight is 302 g/mol. The third-order valence-corrected chi connectivity index (χ3v) is 5.40. The van der Waals surface area contributed by atoms with Crippen LogP contribution in [-0.2, 0) is 6.42 Å². The standard InChI is InChI=1S/C18H26N2S/c1-12-4-6-16(20-10-12)13-5-7-17-15(8-13)14(11-21-17)9-18(2,3)19/h5,7-8,11-12,16,20H,4,6,9-10,19H2,1-3H3. The van der Waals surface area contributed by atoms with Crippen LogP contribution in [0.1, 0.15) is 50.8 Å². The van der Waals surface area contributed by atoms with Crippen molar-refractivity contribution in [3.63, 3.8) is 0 Å². The fourth-order valence-electron chi connectivity index (χ4n) is 3.23. The van der Waals surface area contributed by atoms with Gasteiger partial charge >= 0.3 is 0 Å². The maximum atomic E-state index is 6.21. The highest BCUT2D eigenvalue weighted by molar-refractivity contribution is 7.17. The van der Waals surface area contributed by atoms with E-state index >= 15 is 0 Å². The topological polar surface area (TPSA) is 38.0 Å². The Morgan fingerprint density at radius 2 is 2.14 bits per heavy atom. The van der Waals surface area contributed by atoms with E-state index in [1.54, 1.807) is 0 Å². The summed E-state index contributed by atoms with van der Waals surface area (Å²) in [7, 11) is 0. The Bertz CT molecular complexity index is 616. The number of thiophene rings is 1. The molecule has 3 N–H and O–H groups in total. The molecule has 3 heteroatoms. The zero-order chi connectivity index (χ0) is 15.0. The summed E-state index contributed by atoms with van der Waals surface area (Å²) in [6, 6.07) is 7.48. The van der Waals surface area contributed by atoms with Crippen molar-refractivity contribution < 1.29 is 0 Å². The number of nitrogens with two attached hydrogens (primary N) is 1. The maximum Gasteiger partial charge on any atom is 0.0345 e. The molecule has 0 amide bonds. The first-order valence-electron chi connectivity index (χ1n) is 7.95. The summed E-state index contributed by atoms with van der Waals surface area (Å²) >= 11 is 1.83. The van der Waals surface area contributed by atoms with Gasteiger partial charge in [-0.15, -0.1) is 11.3 Å². The summed E-state index contributed by atoms with van der Waals surface area (Å²) in [5.41, 5.74) is 8.89. The first-order valence-corrected chi connectivity index (χ1v) is 8.82. The minimum absolute atomic E-state index is 0.150. The van der Waals surface area contributed by atoms with Gasteiger partial charge in [-0.05, 0) is 79.6 Å². The number of rotatable bonds is 3. The smallest absolute Gasteiger partial charge is 0.0345 e. The Hall–Kier alpha value is -0.900. The van der Waals surface area contributed by atoms with E-state index in [0.29, 0.717) is 6.04 Å². The van der Waals surface area contributed by atoms with Crippen LogP contribution in [0.15, 0.2) is 23.6 Å². The van der Waals surface area contributed by atoms with Gasteiger partial charge in [-0.2, -0.15) is 0 Å². The summed E-state index contributed by atoms with van der Waals surface area (Å²) in [5, 5.41) is 7.37. The molecular formula is C18H26N2S. The van der Waals surface area contributed by atoms with Crippen molar-refractivity contribution in [2.75, 3.05) is 6.54 Å². The molecule has 0 bridgehead atoms. The predicted octanol–water partition coefficient (Wildman–Crippen LogP) is 4.24. The van der Waals surface area contributed by atoms with Gasteiger partial charge in [-0.25, -0.2) is 0 Å². The van der Waals surface area contributed by atoms with Gasteiger partial charge in [0.05, 0.1) is 0 Å². The van der Waals surface area contributed by atoms with Crippen LogP contribution >= 0.6 is 11.3 Å². The highest BCUT2D eigenvalue weighted by Crippen LogP contribution is 2.33. The lowest BCUT2D eigenvalue weighted by atomic mass is 9.90. The molecule has 1 aromatic heterocycles.